The van der Waals surface area contributed by atoms with Crippen LogP contribution in [0.1, 0.15) is 0 Å². The highest BCUT2D eigenvalue weighted by Crippen LogP contribution is 2.17. The summed E-state index contributed by atoms with van der Waals surface area (Å²) >= 11 is 1.06. The smallest absolute Gasteiger partial charge is 0.274 e. The van der Waals surface area contributed by atoms with Crippen molar-refractivity contribution in [3.8, 4) is 0 Å². The first-order chi connectivity index (χ1) is 6.97. The van der Waals surface area contributed by atoms with Crippen LogP contribution in [-0.4, -0.2) is 18.0 Å². The molecule has 1 N–H and O–H groups in total. The number of hydrogen-bond donors (Lipinski definition) is 1. The van der Waals surface area contributed by atoms with Gasteiger partial charge >= 0.3 is 6.30 Å². The molecule has 1 aromatic rings. The van der Waals surface area contributed by atoms with Gasteiger partial charge in [-0.25, -0.2) is 0 Å². The molecule has 82 valence electrons. The van der Waals surface area contributed by atoms with Crippen LogP contribution in [0, 0.1) is 0 Å². The standard InChI is InChI=1S/C9H8F3NOS/c10-9(11,12)13-8(14)6-15-7-4-2-1-3-5-7/h1-5H,6H2,(H,13,14). The summed E-state index contributed by atoms with van der Waals surface area (Å²) in [4.78, 5) is 11.5. The first kappa shape index (κ1) is 11.9. The van der Waals surface area contributed by atoms with Gasteiger partial charge < -0.3 is 0 Å². The number of alkyl halides is 3. The lowest BCUT2D eigenvalue weighted by Gasteiger charge is -2.07. The lowest BCUT2D eigenvalue weighted by atomic mass is 10.4. The Balaban J connectivity index is 2.35. The minimum absolute atomic E-state index is 0.247. The third-order valence-electron chi connectivity index (χ3n) is 1.39. The van der Waals surface area contributed by atoms with Gasteiger partial charge in [-0.1, -0.05) is 18.2 Å². The van der Waals surface area contributed by atoms with Gasteiger partial charge in [0.25, 0.3) is 0 Å². The van der Waals surface area contributed by atoms with Crippen molar-refractivity contribution in [1.82, 2.24) is 5.32 Å². The molecule has 0 aliphatic rings. The van der Waals surface area contributed by atoms with E-state index in [1.165, 1.54) is 0 Å². The molecular weight excluding hydrogens is 227 g/mol. The van der Waals surface area contributed by atoms with E-state index in [4.69, 9.17) is 0 Å². The summed E-state index contributed by atoms with van der Waals surface area (Å²) in [5, 5.41) is 0.930. The van der Waals surface area contributed by atoms with Gasteiger partial charge in [-0.2, -0.15) is 13.2 Å². The first-order valence-corrected chi connectivity index (χ1v) is 5.01. The molecule has 0 aliphatic heterocycles. The van der Waals surface area contributed by atoms with Crippen LogP contribution in [0.5, 0.6) is 0 Å². The van der Waals surface area contributed by atoms with Gasteiger partial charge in [-0.3, -0.25) is 10.1 Å². The molecule has 1 rings (SSSR count). The molecule has 0 saturated carbocycles. The molecule has 1 amide bonds. The number of carbonyl (C=O) groups excluding carboxylic acids is 1. The maximum atomic E-state index is 11.7. The largest absolute Gasteiger partial charge is 0.484 e. The van der Waals surface area contributed by atoms with E-state index in [-0.39, 0.29) is 5.75 Å². The second kappa shape index (κ2) is 5.06. The third-order valence-corrected chi connectivity index (χ3v) is 2.41. The average Bonchev–Trinajstić information content (AvgIpc) is 2.14. The van der Waals surface area contributed by atoms with Gasteiger partial charge in [0.2, 0.25) is 5.91 Å². The predicted octanol–water partition coefficient (Wildman–Crippen LogP) is 2.41. The summed E-state index contributed by atoms with van der Waals surface area (Å²) in [5.41, 5.74) is 0. The molecule has 0 saturated heterocycles. The number of carbonyl (C=O) groups is 1. The maximum Gasteiger partial charge on any atom is 0.484 e. The highest BCUT2D eigenvalue weighted by molar-refractivity contribution is 8.00. The Kier molecular flexibility index (Phi) is 4.02. The van der Waals surface area contributed by atoms with Crippen molar-refractivity contribution in [2.75, 3.05) is 5.75 Å². The van der Waals surface area contributed by atoms with E-state index in [1.807, 2.05) is 0 Å². The number of thioether (sulfide) groups is 1. The van der Waals surface area contributed by atoms with E-state index in [9.17, 15) is 18.0 Å². The van der Waals surface area contributed by atoms with Gasteiger partial charge in [-0.15, -0.1) is 11.8 Å². The van der Waals surface area contributed by atoms with E-state index in [1.54, 1.807) is 30.3 Å². The van der Waals surface area contributed by atoms with Crippen molar-refractivity contribution in [2.45, 2.75) is 11.2 Å². The minimum Gasteiger partial charge on any atom is -0.274 e. The molecule has 6 heteroatoms. The quantitative estimate of drug-likeness (QED) is 0.644. The van der Waals surface area contributed by atoms with Crippen molar-refractivity contribution in [3.63, 3.8) is 0 Å². The van der Waals surface area contributed by atoms with Crippen LogP contribution in [0.2, 0.25) is 0 Å². The topological polar surface area (TPSA) is 29.1 Å². The van der Waals surface area contributed by atoms with E-state index < -0.39 is 12.2 Å². The lowest BCUT2D eigenvalue weighted by molar-refractivity contribution is -0.167. The maximum absolute atomic E-state index is 11.7. The molecule has 0 aromatic heterocycles. The zero-order valence-electron chi connectivity index (χ0n) is 7.54. The van der Waals surface area contributed by atoms with E-state index in [0.717, 1.165) is 22.0 Å². The van der Waals surface area contributed by atoms with Crippen molar-refractivity contribution >= 4 is 17.7 Å². The third kappa shape index (κ3) is 5.31. The summed E-state index contributed by atoms with van der Waals surface area (Å²) < 4.78 is 35.1. The Hall–Kier alpha value is -1.17. The molecule has 0 spiro atoms. The van der Waals surface area contributed by atoms with Crippen molar-refractivity contribution in [2.24, 2.45) is 0 Å². The Bertz CT molecular complexity index is 326. The predicted molar refractivity (Wildman–Crippen MR) is 51.4 cm³/mol. The summed E-state index contributed by atoms with van der Waals surface area (Å²) in [6.45, 7) is 0. The van der Waals surface area contributed by atoms with Crippen molar-refractivity contribution in [3.05, 3.63) is 30.3 Å². The van der Waals surface area contributed by atoms with Crippen molar-refractivity contribution < 1.29 is 18.0 Å². The minimum atomic E-state index is -4.64. The number of hydrogen-bond acceptors (Lipinski definition) is 2. The number of rotatable bonds is 3. The molecule has 0 fully saturated rings. The van der Waals surface area contributed by atoms with E-state index >= 15 is 0 Å². The molecular formula is C9H8F3NOS. The van der Waals surface area contributed by atoms with Crippen LogP contribution in [0.25, 0.3) is 0 Å². The molecule has 0 bridgehead atoms. The fourth-order valence-electron chi connectivity index (χ4n) is 0.860. The lowest BCUT2D eigenvalue weighted by Crippen LogP contribution is -2.38. The molecule has 0 atom stereocenters. The van der Waals surface area contributed by atoms with Gasteiger partial charge in [-0.05, 0) is 12.1 Å². The second-order valence-corrected chi connectivity index (χ2v) is 3.70. The van der Waals surface area contributed by atoms with Gasteiger partial charge in [0.15, 0.2) is 0 Å². The number of halogens is 3. The number of nitrogens with one attached hydrogen (secondary N) is 1. The highest BCUT2D eigenvalue weighted by atomic mass is 32.2. The fraction of sp³-hybridized carbons (Fsp3) is 0.222. The zero-order valence-corrected chi connectivity index (χ0v) is 8.36. The Morgan fingerprint density at radius 1 is 1.27 bits per heavy atom. The van der Waals surface area contributed by atoms with Gasteiger partial charge in [0.1, 0.15) is 0 Å². The molecule has 2 nitrogen and oxygen atoms in total. The summed E-state index contributed by atoms with van der Waals surface area (Å²) in [5.74, 6) is -1.29. The normalized spacial score (nSPS) is 11.1. The first-order valence-electron chi connectivity index (χ1n) is 4.03. The molecule has 0 radical (unpaired) electrons. The van der Waals surface area contributed by atoms with Crippen LogP contribution in [-0.2, 0) is 4.79 Å². The fourth-order valence-corrected chi connectivity index (χ4v) is 1.58. The van der Waals surface area contributed by atoms with Crippen LogP contribution < -0.4 is 5.32 Å². The highest BCUT2D eigenvalue weighted by Gasteiger charge is 2.29. The number of benzene rings is 1. The summed E-state index contributed by atoms with van der Waals surface area (Å²) in [6, 6.07) is 8.75. The zero-order chi connectivity index (χ0) is 11.3. The van der Waals surface area contributed by atoms with Crippen LogP contribution in [0.3, 0.4) is 0 Å². The van der Waals surface area contributed by atoms with Gasteiger partial charge in [0, 0.05) is 4.90 Å². The SMILES string of the molecule is O=C(CSc1ccccc1)NC(F)(F)F. The molecule has 0 heterocycles. The molecule has 0 aliphatic carbocycles. The number of amides is 1. The molecule has 0 unspecified atom stereocenters. The van der Waals surface area contributed by atoms with Crippen LogP contribution in [0.15, 0.2) is 35.2 Å². The Labute approximate surface area is 88.9 Å². The second-order valence-electron chi connectivity index (χ2n) is 2.65. The molecule has 15 heavy (non-hydrogen) atoms. The van der Waals surface area contributed by atoms with E-state index in [0.29, 0.717) is 0 Å². The molecule has 1 aromatic carbocycles. The van der Waals surface area contributed by atoms with E-state index in [2.05, 4.69) is 0 Å². The monoisotopic (exact) mass is 235 g/mol. The van der Waals surface area contributed by atoms with Crippen LogP contribution in [0.4, 0.5) is 13.2 Å². The van der Waals surface area contributed by atoms with Crippen molar-refractivity contribution in [1.29, 1.82) is 0 Å². The summed E-state index contributed by atoms with van der Waals surface area (Å²) in [7, 11) is 0. The Morgan fingerprint density at radius 2 is 1.87 bits per heavy atom. The average molecular weight is 235 g/mol. The van der Waals surface area contributed by atoms with Crippen LogP contribution >= 0.6 is 11.8 Å². The van der Waals surface area contributed by atoms with Gasteiger partial charge in [0.05, 0.1) is 5.75 Å². The summed E-state index contributed by atoms with van der Waals surface area (Å²) in [6.07, 6.45) is -4.64. The Morgan fingerprint density at radius 3 is 2.40 bits per heavy atom.